The molecule has 0 heterocycles. The van der Waals surface area contributed by atoms with Gasteiger partial charge in [-0.1, -0.05) is 19.4 Å². The number of aryl methyl sites for hydroxylation is 1. The van der Waals surface area contributed by atoms with Crippen LogP contribution in [0.25, 0.3) is 0 Å². The molecule has 104 valence electrons. The van der Waals surface area contributed by atoms with Crippen LogP contribution in [0, 0.1) is 11.7 Å². The van der Waals surface area contributed by atoms with Crippen LogP contribution < -0.4 is 5.32 Å². The molecule has 2 aliphatic carbocycles. The maximum atomic E-state index is 13.2. The van der Waals surface area contributed by atoms with Crippen molar-refractivity contribution in [2.24, 2.45) is 5.92 Å². The van der Waals surface area contributed by atoms with Crippen molar-refractivity contribution in [1.29, 1.82) is 0 Å². The van der Waals surface area contributed by atoms with E-state index in [4.69, 9.17) is 0 Å². The van der Waals surface area contributed by atoms with Gasteiger partial charge in [-0.3, -0.25) is 0 Å². The molecule has 0 radical (unpaired) electrons. The van der Waals surface area contributed by atoms with E-state index in [2.05, 4.69) is 12.2 Å². The number of fused-ring (bicyclic) bond motifs is 1. The Bertz CT molecular complexity index is 435. The summed E-state index contributed by atoms with van der Waals surface area (Å²) in [6, 6.07) is 6.42. The van der Waals surface area contributed by atoms with E-state index in [0.717, 1.165) is 18.8 Å². The Morgan fingerprint density at radius 1 is 1.16 bits per heavy atom. The highest BCUT2D eigenvalue weighted by molar-refractivity contribution is 5.35. The zero-order valence-corrected chi connectivity index (χ0v) is 11.8. The Morgan fingerprint density at radius 3 is 2.68 bits per heavy atom. The van der Waals surface area contributed by atoms with Crippen LogP contribution in [0.15, 0.2) is 18.2 Å². The molecule has 2 heteroatoms. The molecule has 2 aliphatic rings. The van der Waals surface area contributed by atoms with Gasteiger partial charge >= 0.3 is 0 Å². The van der Waals surface area contributed by atoms with Crippen molar-refractivity contribution in [1.82, 2.24) is 5.32 Å². The van der Waals surface area contributed by atoms with Crippen molar-refractivity contribution in [2.45, 2.75) is 64.0 Å². The molecule has 0 aliphatic heterocycles. The summed E-state index contributed by atoms with van der Waals surface area (Å²) in [5.41, 5.74) is 2.54. The molecule has 1 atom stereocenters. The van der Waals surface area contributed by atoms with E-state index in [-0.39, 0.29) is 5.82 Å². The summed E-state index contributed by atoms with van der Waals surface area (Å²) in [7, 11) is 0. The van der Waals surface area contributed by atoms with E-state index in [1.165, 1.54) is 43.2 Å². The van der Waals surface area contributed by atoms with E-state index in [9.17, 15) is 4.39 Å². The summed E-state index contributed by atoms with van der Waals surface area (Å²) in [4.78, 5) is 0. The molecule has 0 spiro atoms. The largest absolute Gasteiger partial charge is 0.307 e. The molecule has 1 aromatic carbocycles. The normalized spacial score (nSPS) is 30.3. The summed E-state index contributed by atoms with van der Waals surface area (Å²) in [6.07, 6.45) is 8.85. The van der Waals surface area contributed by atoms with Gasteiger partial charge < -0.3 is 5.32 Å². The lowest BCUT2D eigenvalue weighted by molar-refractivity contribution is 0.269. The molecule has 0 bridgehead atoms. The molecular formula is C17H24FN. The van der Waals surface area contributed by atoms with Crippen LogP contribution in [-0.4, -0.2) is 6.04 Å². The highest BCUT2D eigenvalue weighted by Gasteiger charge is 2.27. The van der Waals surface area contributed by atoms with E-state index >= 15 is 0 Å². The van der Waals surface area contributed by atoms with Crippen molar-refractivity contribution >= 4 is 0 Å². The maximum Gasteiger partial charge on any atom is 0.123 e. The monoisotopic (exact) mass is 261 g/mol. The minimum atomic E-state index is -0.0946. The molecule has 1 fully saturated rings. The first-order valence-electron chi connectivity index (χ1n) is 7.80. The fraction of sp³-hybridized carbons (Fsp3) is 0.647. The van der Waals surface area contributed by atoms with Gasteiger partial charge in [0.25, 0.3) is 0 Å². The number of halogens is 1. The average Bonchev–Trinajstić information content (AvgIpc) is 2.82. The summed E-state index contributed by atoms with van der Waals surface area (Å²) in [5, 5.41) is 3.82. The second kappa shape index (κ2) is 5.62. The molecule has 1 saturated carbocycles. The Kier molecular flexibility index (Phi) is 3.88. The Labute approximate surface area is 115 Å². The van der Waals surface area contributed by atoms with Gasteiger partial charge in [0.2, 0.25) is 0 Å². The van der Waals surface area contributed by atoms with Crippen LogP contribution in [0.3, 0.4) is 0 Å². The minimum absolute atomic E-state index is 0.0946. The van der Waals surface area contributed by atoms with Gasteiger partial charge in [-0.05, 0) is 67.7 Å². The molecule has 1 N–H and O–H groups in total. The van der Waals surface area contributed by atoms with Gasteiger partial charge in [0.1, 0.15) is 5.82 Å². The van der Waals surface area contributed by atoms with E-state index in [1.807, 2.05) is 6.07 Å². The highest BCUT2D eigenvalue weighted by atomic mass is 19.1. The van der Waals surface area contributed by atoms with Crippen LogP contribution in [0.5, 0.6) is 0 Å². The van der Waals surface area contributed by atoms with Gasteiger partial charge in [0.15, 0.2) is 0 Å². The quantitative estimate of drug-likeness (QED) is 0.852. The zero-order valence-electron chi connectivity index (χ0n) is 11.8. The van der Waals surface area contributed by atoms with Gasteiger partial charge in [0, 0.05) is 12.1 Å². The fourth-order valence-corrected chi connectivity index (χ4v) is 3.78. The second-order valence-corrected chi connectivity index (χ2v) is 6.23. The molecule has 0 amide bonds. The molecule has 0 saturated heterocycles. The first kappa shape index (κ1) is 13.1. The summed E-state index contributed by atoms with van der Waals surface area (Å²) in [5.74, 6) is 0.853. The van der Waals surface area contributed by atoms with Gasteiger partial charge in [0.05, 0.1) is 0 Å². The zero-order chi connectivity index (χ0) is 13.2. The molecule has 0 aromatic heterocycles. The molecule has 19 heavy (non-hydrogen) atoms. The number of benzene rings is 1. The summed E-state index contributed by atoms with van der Waals surface area (Å²) in [6.45, 7) is 2.31. The van der Waals surface area contributed by atoms with Crippen molar-refractivity contribution in [3.63, 3.8) is 0 Å². The SMILES string of the molecule is CCC1CCC(NC2CCc3cc(F)ccc32)CC1. The first-order valence-corrected chi connectivity index (χ1v) is 7.80. The van der Waals surface area contributed by atoms with Crippen molar-refractivity contribution < 1.29 is 4.39 Å². The van der Waals surface area contributed by atoms with Crippen LogP contribution >= 0.6 is 0 Å². The fourth-order valence-electron chi connectivity index (χ4n) is 3.78. The van der Waals surface area contributed by atoms with E-state index < -0.39 is 0 Å². The molecule has 1 aromatic rings. The van der Waals surface area contributed by atoms with Gasteiger partial charge in [-0.25, -0.2) is 4.39 Å². The standard InChI is InChI=1S/C17H24FN/c1-2-12-3-7-15(8-4-12)19-17-10-5-13-11-14(18)6-9-16(13)17/h6,9,11-12,15,17,19H,2-5,7-8,10H2,1H3. The predicted octanol–water partition coefficient (Wildman–Crippen LogP) is 4.37. The molecule has 3 rings (SSSR count). The third-order valence-corrected chi connectivity index (χ3v) is 5.04. The van der Waals surface area contributed by atoms with Crippen molar-refractivity contribution in [3.8, 4) is 0 Å². The number of hydrogen-bond acceptors (Lipinski definition) is 1. The lowest BCUT2D eigenvalue weighted by Crippen LogP contribution is -2.35. The van der Waals surface area contributed by atoms with E-state index in [0.29, 0.717) is 12.1 Å². The Hall–Kier alpha value is -0.890. The van der Waals surface area contributed by atoms with Crippen LogP contribution in [0.1, 0.15) is 62.6 Å². The number of hydrogen-bond donors (Lipinski definition) is 1. The summed E-state index contributed by atoms with van der Waals surface area (Å²) >= 11 is 0. The molecular weight excluding hydrogens is 237 g/mol. The first-order chi connectivity index (χ1) is 9.26. The third-order valence-electron chi connectivity index (χ3n) is 5.04. The molecule has 1 nitrogen and oxygen atoms in total. The minimum Gasteiger partial charge on any atom is -0.307 e. The van der Waals surface area contributed by atoms with Crippen molar-refractivity contribution in [3.05, 3.63) is 35.1 Å². The van der Waals surface area contributed by atoms with E-state index in [1.54, 1.807) is 12.1 Å². The number of rotatable bonds is 3. The van der Waals surface area contributed by atoms with Gasteiger partial charge in [-0.2, -0.15) is 0 Å². The van der Waals surface area contributed by atoms with Crippen LogP contribution in [-0.2, 0) is 6.42 Å². The molecule has 1 unspecified atom stereocenters. The van der Waals surface area contributed by atoms with Crippen molar-refractivity contribution in [2.75, 3.05) is 0 Å². The topological polar surface area (TPSA) is 12.0 Å². The lowest BCUT2D eigenvalue weighted by atomic mass is 9.84. The lowest BCUT2D eigenvalue weighted by Gasteiger charge is -2.31. The predicted molar refractivity (Wildman–Crippen MR) is 76.6 cm³/mol. The average molecular weight is 261 g/mol. The number of nitrogens with one attached hydrogen (secondary N) is 1. The smallest absolute Gasteiger partial charge is 0.123 e. The Morgan fingerprint density at radius 2 is 1.95 bits per heavy atom. The van der Waals surface area contributed by atoms with Gasteiger partial charge in [-0.15, -0.1) is 0 Å². The third kappa shape index (κ3) is 2.84. The van der Waals surface area contributed by atoms with Crippen LogP contribution in [0.2, 0.25) is 0 Å². The Balaban J connectivity index is 1.61. The van der Waals surface area contributed by atoms with Crippen LogP contribution in [0.4, 0.5) is 4.39 Å². The highest BCUT2D eigenvalue weighted by Crippen LogP contribution is 2.34. The maximum absolute atomic E-state index is 13.2. The second-order valence-electron chi connectivity index (χ2n) is 6.23. The summed E-state index contributed by atoms with van der Waals surface area (Å²) < 4.78 is 13.2.